The van der Waals surface area contributed by atoms with Crippen LogP contribution >= 0.6 is 0 Å². The minimum atomic E-state index is -0.509. The van der Waals surface area contributed by atoms with E-state index in [4.69, 9.17) is 14.2 Å². The molecule has 178 valence electrons. The van der Waals surface area contributed by atoms with E-state index in [-0.39, 0.29) is 5.57 Å². The molecule has 0 spiro atoms. The molecule has 0 fully saturated rings. The van der Waals surface area contributed by atoms with Gasteiger partial charge in [-0.3, -0.25) is 4.79 Å². The molecule has 0 aliphatic rings. The summed E-state index contributed by atoms with van der Waals surface area (Å²) < 4.78 is 17.1. The molecule has 0 unspecified atom stereocenters. The Balaban J connectivity index is 1.90. The SMILES string of the molecule is C=CCc1cc(/C=C(/C#N)C(=O)Nc2ccc(OC)cc2)cc(OCC)c1OCc1ccccc1. The molecule has 0 radical (unpaired) electrons. The van der Waals surface area contributed by atoms with Gasteiger partial charge in [0, 0.05) is 11.3 Å². The van der Waals surface area contributed by atoms with Crippen LogP contribution < -0.4 is 19.5 Å². The van der Waals surface area contributed by atoms with E-state index in [1.807, 2.05) is 49.4 Å². The van der Waals surface area contributed by atoms with Crippen LogP contribution in [0.4, 0.5) is 5.69 Å². The maximum Gasteiger partial charge on any atom is 0.266 e. The molecular weight excluding hydrogens is 440 g/mol. The van der Waals surface area contributed by atoms with Crippen LogP contribution in [0, 0.1) is 11.3 Å². The van der Waals surface area contributed by atoms with Crippen molar-refractivity contribution in [3.8, 4) is 23.3 Å². The number of hydrogen-bond donors (Lipinski definition) is 1. The van der Waals surface area contributed by atoms with Crippen LogP contribution in [0.15, 0.2) is 85.0 Å². The minimum absolute atomic E-state index is 0.0363. The Morgan fingerprint density at radius 3 is 2.46 bits per heavy atom. The molecule has 0 heterocycles. The van der Waals surface area contributed by atoms with Gasteiger partial charge in [0.05, 0.1) is 13.7 Å². The first kappa shape index (κ1) is 25.1. The Kier molecular flexibility index (Phi) is 9.09. The highest BCUT2D eigenvalue weighted by atomic mass is 16.5. The third kappa shape index (κ3) is 6.99. The number of carbonyl (C=O) groups is 1. The van der Waals surface area contributed by atoms with Gasteiger partial charge in [-0.15, -0.1) is 6.58 Å². The number of amides is 1. The number of nitrogens with zero attached hydrogens (tertiary/aromatic N) is 1. The van der Waals surface area contributed by atoms with Gasteiger partial charge in [-0.2, -0.15) is 5.26 Å². The first-order chi connectivity index (χ1) is 17.1. The highest BCUT2D eigenvalue weighted by Gasteiger charge is 2.15. The zero-order chi connectivity index (χ0) is 25.0. The number of methoxy groups -OCH3 is 1. The summed E-state index contributed by atoms with van der Waals surface area (Å²) in [5.41, 5.74) is 3.06. The summed E-state index contributed by atoms with van der Waals surface area (Å²) in [5.74, 6) is 1.33. The number of nitrogens with one attached hydrogen (secondary N) is 1. The molecule has 1 amide bonds. The summed E-state index contributed by atoms with van der Waals surface area (Å²) in [4.78, 5) is 12.7. The highest BCUT2D eigenvalue weighted by molar-refractivity contribution is 6.09. The number of anilines is 1. The molecule has 6 heteroatoms. The van der Waals surface area contributed by atoms with Gasteiger partial charge in [0.1, 0.15) is 24.0 Å². The lowest BCUT2D eigenvalue weighted by Gasteiger charge is -2.17. The predicted molar refractivity (Wildman–Crippen MR) is 137 cm³/mol. The summed E-state index contributed by atoms with van der Waals surface area (Å²) in [6, 6.07) is 22.4. The van der Waals surface area contributed by atoms with Crippen LogP contribution in [0.25, 0.3) is 6.08 Å². The Hall–Kier alpha value is -4.50. The van der Waals surface area contributed by atoms with E-state index in [1.165, 1.54) is 6.08 Å². The molecule has 3 aromatic rings. The molecule has 0 aliphatic heterocycles. The van der Waals surface area contributed by atoms with Crippen LogP contribution in [-0.4, -0.2) is 19.6 Å². The second-order valence-electron chi connectivity index (χ2n) is 7.56. The highest BCUT2D eigenvalue weighted by Crippen LogP contribution is 2.35. The Bertz CT molecular complexity index is 1230. The Morgan fingerprint density at radius 2 is 1.83 bits per heavy atom. The normalized spacial score (nSPS) is 10.7. The van der Waals surface area contributed by atoms with E-state index < -0.39 is 5.91 Å². The van der Waals surface area contributed by atoms with E-state index in [0.717, 1.165) is 11.1 Å². The molecule has 0 atom stereocenters. The van der Waals surface area contributed by atoms with Crippen molar-refractivity contribution in [1.82, 2.24) is 0 Å². The predicted octanol–water partition coefficient (Wildman–Crippen LogP) is 5.95. The molecular formula is C29H28N2O4. The first-order valence-corrected chi connectivity index (χ1v) is 11.2. The lowest BCUT2D eigenvalue weighted by atomic mass is 10.0. The summed E-state index contributed by atoms with van der Waals surface area (Å²) in [6.45, 7) is 6.56. The fourth-order valence-corrected chi connectivity index (χ4v) is 3.42. The molecule has 0 saturated heterocycles. The van der Waals surface area contributed by atoms with Crippen molar-refractivity contribution in [2.24, 2.45) is 0 Å². The van der Waals surface area contributed by atoms with Crippen molar-refractivity contribution < 1.29 is 19.0 Å². The largest absolute Gasteiger partial charge is 0.497 e. The number of hydrogen-bond acceptors (Lipinski definition) is 5. The quantitative estimate of drug-likeness (QED) is 0.214. The molecule has 1 N–H and O–H groups in total. The number of benzene rings is 3. The maximum atomic E-state index is 12.7. The monoisotopic (exact) mass is 468 g/mol. The summed E-state index contributed by atoms with van der Waals surface area (Å²) in [7, 11) is 1.57. The second kappa shape index (κ2) is 12.7. The van der Waals surface area contributed by atoms with E-state index in [0.29, 0.717) is 48.1 Å². The molecule has 3 rings (SSSR count). The molecule has 6 nitrogen and oxygen atoms in total. The average molecular weight is 469 g/mol. The van der Waals surface area contributed by atoms with E-state index in [1.54, 1.807) is 43.5 Å². The average Bonchev–Trinajstić information content (AvgIpc) is 2.88. The van der Waals surface area contributed by atoms with E-state index in [9.17, 15) is 10.1 Å². The number of allylic oxidation sites excluding steroid dienone is 1. The number of carbonyl (C=O) groups excluding carboxylic acids is 1. The molecule has 35 heavy (non-hydrogen) atoms. The van der Waals surface area contributed by atoms with Crippen molar-refractivity contribution >= 4 is 17.7 Å². The van der Waals surface area contributed by atoms with Gasteiger partial charge >= 0.3 is 0 Å². The topological polar surface area (TPSA) is 80.6 Å². The lowest BCUT2D eigenvalue weighted by Crippen LogP contribution is -2.13. The molecule has 0 aliphatic carbocycles. The van der Waals surface area contributed by atoms with Gasteiger partial charge in [-0.05, 0) is 66.9 Å². The van der Waals surface area contributed by atoms with Gasteiger partial charge in [0.15, 0.2) is 11.5 Å². The summed E-state index contributed by atoms with van der Waals surface area (Å²) >= 11 is 0. The second-order valence-corrected chi connectivity index (χ2v) is 7.56. The molecule has 3 aromatic carbocycles. The smallest absolute Gasteiger partial charge is 0.266 e. The van der Waals surface area contributed by atoms with Crippen LogP contribution in [0.3, 0.4) is 0 Å². The van der Waals surface area contributed by atoms with Gasteiger partial charge in [-0.25, -0.2) is 0 Å². The molecule has 0 bridgehead atoms. The number of rotatable bonds is 11. The van der Waals surface area contributed by atoms with Crippen molar-refractivity contribution in [3.05, 3.63) is 102 Å². The fourth-order valence-electron chi connectivity index (χ4n) is 3.42. The van der Waals surface area contributed by atoms with E-state index >= 15 is 0 Å². The van der Waals surface area contributed by atoms with Crippen LogP contribution in [0.5, 0.6) is 17.2 Å². The van der Waals surface area contributed by atoms with Crippen molar-refractivity contribution in [1.29, 1.82) is 5.26 Å². The molecule has 0 saturated carbocycles. The van der Waals surface area contributed by atoms with Crippen molar-refractivity contribution in [2.75, 3.05) is 19.0 Å². The van der Waals surface area contributed by atoms with Gasteiger partial charge in [0.2, 0.25) is 0 Å². The Morgan fingerprint density at radius 1 is 1.09 bits per heavy atom. The Labute approximate surface area is 206 Å². The van der Waals surface area contributed by atoms with Gasteiger partial charge in [0.25, 0.3) is 5.91 Å². The number of ether oxygens (including phenoxy) is 3. The fraction of sp³-hybridized carbons (Fsp3) is 0.172. The zero-order valence-electron chi connectivity index (χ0n) is 19.9. The zero-order valence-corrected chi connectivity index (χ0v) is 19.9. The lowest BCUT2D eigenvalue weighted by molar-refractivity contribution is -0.112. The standard InChI is InChI=1S/C29H28N2O4/c1-4-9-23-16-22(17-24(19-30)29(32)31-25-12-14-26(33-3)15-13-25)18-27(34-5-2)28(23)35-20-21-10-7-6-8-11-21/h4,6-8,10-18H,1,5,9,20H2,2-3H3,(H,31,32)/b24-17-. The third-order valence-corrected chi connectivity index (χ3v) is 5.07. The van der Waals surface area contributed by atoms with Crippen LogP contribution in [0.1, 0.15) is 23.6 Å². The molecule has 0 aromatic heterocycles. The van der Waals surface area contributed by atoms with Gasteiger partial charge in [-0.1, -0.05) is 36.4 Å². The minimum Gasteiger partial charge on any atom is -0.497 e. The first-order valence-electron chi connectivity index (χ1n) is 11.2. The van der Waals surface area contributed by atoms with Gasteiger partial charge < -0.3 is 19.5 Å². The van der Waals surface area contributed by atoms with E-state index in [2.05, 4.69) is 11.9 Å². The van der Waals surface area contributed by atoms with Crippen molar-refractivity contribution in [2.45, 2.75) is 20.0 Å². The maximum absolute atomic E-state index is 12.7. The van der Waals surface area contributed by atoms with Crippen LogP contribution in [0.2, 0.25) is 0 Å². The summed E-state index contributed by atoms with van der Waals surface area (Å²) in [5, 5.41) is 12.4. The summed E-state index contributed by atoms with van der Waals surface area (Å²) in [6.07, 6.45) is 3.84. The van der Waals surface area contributed by atoms with Crippen LogP contribution in [-0.2, 0) is 17.8 Å². The number of nitriles is 1. The third-order valence-electron chi connectivity index (χ3n) is 5.07. The van der Waals surface area contributed by atoms with Crippen molar-refractivity contribution in [3.63, 3.8) is 0 Å².